The second-order valence-corrected chi connectivity index (χ2v) is 9.47. The Balaban J connectivity index is 1.34. The van der Waals surface area contributed by atoms with Crippen LogP contribution in [-0.4, -0.2) is 18.9 Å². The van der Waals surface area contributed by atoms with Crippen molar-refractivity contribution in [2.45, 2.75) is 0 Å². The van der Waals surface area contributed by atoms with E-state index in [1.54, 1.807) is 49.6 Å². The predicted molar refractivity (Wildman–Crippen MR) is 149 cm³/mol. The summed E-state index contributed by atoms with van der Waals surface area (Å²) in [6.07, 6.45) is 1.50. The molecule has 4 aromatic carbocycles. The zero-order chi connectivity index (χ0) is 27.1. The Hall–Kier alpha value is -4.52. The van der Waals surface area contributed by atoms with Gasteiger partial charge in [-0.15, -0.1) is 0 Å². The third kappa shape index (κ3) is 4.54. The van der Waals surface area contributed by atoms with Crippen LogP contribution in [0.1, 0.15) is 26.3 Å². The van der Waals surface area contributed by atoms with Crippen LogP contribution in [-0.2, 0) is 0 Å². The Kier molecular flexibility index (Phi) is 6.35. The molecule has 2 heterocycles. The van der Waals surface area contributed by atoms with E-state index in [1.807, 2.05) is 30.3 Å². The molecule has 0 bridgehead atoms. The van der Waals surface area contributed by atoms with Gasteiger partial charge in [-0.3, -0.25) is 4.79 Å². The molecule has 0 amide bonds. The van der Waals surface area contributed by atoms with Crippen LogP contribution in [0.3, 0.4) is 0 Å². The van der Waals surface area contributed by atoms with E-state index in [-0.39, 0.29) is 28.6 Å². The van der Waals surface area contributed by atoms with Crippen molar-refractivity contribution in [2.75, 3.05) is 7.11 Å². The van der Waals surface area contributed by atoms with Crippen LogP contribution in [0.5, 0.6) is 17.2 Å². The van der Waals surface area contributed by atoms with Crippen molar-refractivity contribution in [3.05, 3.63) is 117 Å². The zero-order valence-electron chi connectivity index (χ0n) is 20.4. The normalized spacial score (nSPS) is 13.4. The van der Waals surface area contributed by atoms with Gasteiger partial charge in [-0.05, 0) is 48.5 Å². The highest BCUT2D eigenvalue weighted by Crippen LogP contribution is 2.39. The minimum Gasteiger partial charge on any atom is -0.497 e. The van der Waals surface area contributed by atoms with Crippen molar-refractivity contribution in [3.8, 4) is 28.6 Å². The molecule has 0 unspecified atom stereocenters. The van der Waals surface area contributed by atoms with Crippen molar-refractivity contribution in [3.63, 3.8) is 0 Å². The first-order valence-corrected chi connectivity index (χ1v) is 12.6. The number of rotatable bonds is 5. The number of Topliss-reactive ketones (excluding diaryl/α,β-unsaturated/α-hetero) is 1. The molecule has 0 spiro atoms. The topological polar surface area (TPSA) is 75.0 Å². The molecule has 1 aliphatic heterocycles. The van der Waals surface area contributed by atoms with Crippen LogP contribution in [0.4, 0.5) is 0 Å². The quantitative estimate of drug-likeness (QED) is 0.123. The first-order chi connectivity index (χ1) is 18.9. The van der Waals surface area contributed by atoms with Gasteiger partial charge in [-0.2, -0.15) is 0 Å². The minimum atomic E-state index is -0.635. The van der Waals surface area contributed by atoms with Crippen molar-refractivity contribution < 1.29 is 28.2 Å². The standard InChI is InChI=1S/C31H18Cl2O6/c1-36-18-11-13-25-22(14-18)28(30(39-25)17-6-3-2-4-7-17)31(35)37-19-10-12-20-26(15-19)38-27(29(20)34)16-21-23(32)8-5-9-24(21)33/h2-16H,1H3. The predicted octanol–water partition coefficient (Wildman–Crippen LogP) is 8.25. The molecule has 0 radical (unpaired) electrons. The fraction of sp³-hybridized carbons (Fsp3) is 0.0323. The van der Waals surface area contributed by atoms with Crippen molar-refractivity contribution in [1.82, 2.24) is 0 Å². The maximum atomic E-state index is 13.6. The molecule has 0 N–H and O–H groups in total. The Morgan fingerprint density at radius 1 is 0.872 bits per heavy atom. The summed E-state index contributed by atoms with van der Waals surface area (Å²) in [4.78, 5) is 26.5. The summed E-state index contributed by atoms with van der Waals surface area (Å²) in [6, 6.07) is 24.1. The molecule has 0 aliphatic carbocycles. The molecule has 6 rings (SSSR count). The fourth-order valence-corrected chi connectivity index (χ4v) is 4.87. The van der Waals surface area contributed by atoms with E-state index in [9.17, 15) is 9.59 Å². The maximum Gasteiger partial charge on any atom is 0.348 e. The van der Waals surface area contributed by atoms with Crippen LogP contribution in [0.2, 0.25) is 10.0 Å². The van der Waals surface area contributed by atoms with Gasteiger partial charge in [0.25, 0.3) is 0 Å². The molecular formula is C31H18Cl2O6. The number of ketones is 1. The summed E-state index contributed by atoms with van der Waals surface area (Å²) in [5.41, 5.74) is 2.28. The van der Waals surface area contributed by atoms with Crippen molar-refractivity contribution in [2.24, 2.45) is 0 Å². The monoisotopic (exact) mass is 556 g/mol. The Morgan fingerprint density at radius 3 is 2.36 bits per heavy atom. The Labute approximate surface area is 232 Å². The minimum absolute atomic E-state index is 0.0581. The molecule has 0 fully saturated rings. The largest absolute Gasteiger partial charge is 0.497 e. The van der Waals surface area contributed by atoms with Crippen LogP contribution in [0, 0.1) is 0 Å². The van der Waals surface area contributed by atoms with Gasteiger partial charge in [0.1, 0.15) is 34.2 Å². The van der Waals surface area contributed by atoms with Gasteiger partial charge in [0, 0.05) is 32.6 Å². The lowest BCUT2D eigenvalue weighted by Crippen LogP contribution is -2.09. The van der Waals surface area contributed by atoms with E-state index in [0.29, 0.717) is 43.7 Å². The second kappa shape index (κ2) is 9.98. The number of carbonyl (C=O) groups is 2. The number of hydrogen-bond donors (Lipinski definition) is 0. The summed E-state index contributed by atoms with van der Waals surface area (Å²) in [6.45, 7) is 0. The van der Waals surface area contributed by atoms with E-state index in [1.165, 1.54) is 18.2 Å². The number of benzene rings is 4. The van der Waals surface area contributed by atoms with Crippen LogP contribution in [0.15, 0.2) is 95.1 Å². The lowest BCUT2D eigenvalue weighted by molar-refractivity contribution is 0.0736. The van der Waals surface area contributed by atoms with Crippen molar-refractivity contribution >= 4 is 52.0 Å². The van der Waals surface area contributed by atoms with Gasteiger partial charge < -0.3 is 18.6 Å². The summed E-state index contributed by atoms with van der Waals surface area (Å²) >= 11 is 12.5. The Morgan fingerprint density at radius 2 is 1.62 bits per heavy atom. The van der Waals surface area contributed by atoms with Gasteiger partial charge in [0.2, 0.25) is 5.78 Å². The number of furan rings is 1. The molecule has 0 atom stereocenters. The van der Waals surface area contributed by atoms with Gasteiger partial charge in [-0.25, -0.2) is 4.79 Å². The van der Waals surface area contributed by atoms with E-state index >= 15 is 0 Å². The van der Waals surface area contributed by atoms with Crippen LogP contribution in [0.25, 0.3) is 28.4 Å². The van der Waals surface area contributed by atoms with Gasteiger partial charge in [0.15, 0.2) is 5.76 Å². The number of carbonyl (C=O) groups excluding carboxylic acids is 2. The number of esters is 1. The summed E-state index contributed by atoms with van der Waals surface area (Å²) in [5, 5.41) is 1.32. The molecule has 1 aliphatic rings. The third-order valence-corrected chi connectivity index (χ3v) is 6.92. The highest BCUT2D eigenvalue weighted by molar-refractivity contribution is 6.37. The molecule has 0 saturated carbocycles. The van der Waals surface area contributed by atoms with Gasteiger partial charge >= 0.3 is 5.97 Å². The molecule has 1 aromatic heterocycles. The van der Waals surface area contributed by atoms with Crippen LogP contribution < -0.4 is 14.2 Å². The number of allylic oxidation sites excluding steroid dienone is 1. The molecule has 5 aromatic rings. The number of methoxy groups -OCH3 is 1. The van der Waals surface area contributed by atoms with Gasteiger partial charge in [0.05, 0.1) is 12.7 Å². The van der Waals surface area contributed by atoms with E-state index in [2.05, 4.69) is 0 Å². The average Bonchev–Trinajstić information content (AvgIpc) is 3.48. The fourth-order valence-electron chi connectivity index (χ4n) is 4.37. The molecular weight excluding hydrogens is 539 g/mol. The first kappa shape index (κ1) is 24.8. The zero-order valence-corrected chi connectivity index (χ0v) is 21.9. The summed E-state index contributed by atoms with van der Waals surface area (Å²) in [5.74, 6) is 0.476. The van der Waals surface area contributed by atoms with E-state index in [0.717, 1.165) is 5.56 Å². The highest BCUT2D eigenvalue weighted by atomic mass is 35.5. The number of hydrogen-bond acceptors (Lipinski definition) is 6. The number of ether oxygens (including phenoxy) is 3. The maximum absolute atomic E-state index is 13.6. The molecule has 39 heavy (non-hydrogen) atoms. The third-order valence-electron chi connectivity index (χ3n) is 6.26. The SMILES string of the molecule is COc1ccc2oc(-c3ccccc3)c(C(=O)Oc3ccc4c(c3)OC(=Cc3c(Cl)cccc3Cl)C4=O)c2c1. The number of fused-ring (bicyclic) bond motifs is 2. The highest BCUT2D eigenvalue weighted by Gasteiger charge is 2.30. The lowest BCUT2D eigenvalue weighted by atomic mass is 10.1. The smallest absolute Gasteiger partial charge is 0.348 e. The first-order valence-electron chi connectivity index (χ1n) is 11.8. The Bertz CT molecular complexity index is 1780. The van der Waals surface area contributed by atoms with Crippen molar-refractivity contribution in [1.29, 1.82) is 0 Å². The average molecular weight is 557 g/mol. The summed E-state index contributed by atoms with van der Waals surface area (Å²) in [7, 11) is 1.55. The second-order valence-electron chi connectivity index (χ2n) is 8.66. The molecule has 192 valence electrons. The van der Waals surface area contributed by atoms with Crippen LogP contribution >= 0.6 is 23.2 Å². The molecule has 0 saturated heterocycles. The lowest BCUT2D eigenvalue weighted by Gasteiger charge is -2.07. The summed E-state index contributed by atoms with van der Waals surface area (Å²) < 4.78 is 23.0. The molecule has 6 nitrogen and oxygen atoms in total. The molecule has 8 heteroatoms. The number of halogens is 2. The van der Waals surface area contributed by atoms with E-state index < -0.39 is 5.97 Å². The van der Waals surface area contributed by atoms with Gasteiger partial charge in [-0.1, -0.05) is 59.6 Å². The van der Waals surface area contributed by atoms with E-state index in [4.69, 9.17) is 41.8 Å².